The normalized spacial score (nSPS) is 10.2. The van der Waals surface area contributed by atoms with Crippen LogP contribution in [-0.2, 0) is 0 Å². The first-order valence-corrected chi connectivity index (χ1v) is 4.80. The molecule has 0 fully saturated rings. The van der Waals surface area contributed by atoms with Crippen molar-refractivity contribution < 1.29 is 0 Å². The predicted molar refractivity (Wildman–Crippen MR) is 53.8 cm³/mol. The van der Waals surface area contributed by atoms with Gasteiger partial charge < -0.3 is 0 Å². The Morgan fingerprint density at radius 2 is 2.23 bits per heavy atom. The van der Waals surface area contributed by atoms with Crippen LogP contribution in [0.5, 0.6) is 0 Å². The molecule has 0 aliphatic heterocycles. The van der Waals surface area contributed by atoms with E-state index in [9.17, 15) is 0 Å². The molecule has 0 saturated heterocycles. The smallest absolute Gasteiger partial charge is 0.102 e. The van der Waals surface area contributed by atoms with Gasteiger partial charge in [0.15, 0.2) is 0 Å². The second-order valence-electron chi connectivity index (χ2n) is 2.97. The van der Waals surface area contributed by atoms with Gasteiger partial charge in [-0.05, 0) is 19.9 Å². The number of aryl methyl sites for hydroxylation is 2. The zero-order chi connectivity index (χ0) is 9.42. The van der Waals surface area contributed by atoms with Crippen molar-refractivity contribution in [2.24, 2.45) is 0 Å². The maximum Gasteiger partial charge on any atom is 0.102 e. The monoisotopic (exact) mass is 188 g/mol. The van der Waals surface area contributed by atoms with Crippen molar-refractivity contribution in [1.29, 1.82) is 5.26 Å². The Labute approximate surface area is 80.5 Å². The summed E-state index contributed by atoms with van der Waals surface area (Å²) in [6.07, 6.45) is 1.65. The Kier molecular flexibility index (Phi) is 1.78. The molecule has 0 radical (unpaired) electrons. The minimum atomic E-state index is 0.679. The molecular weight excluding hydrogens is 180 g/mol. The number of nitriles is 1. The van der Waals surface area contributed by atoms with Crippen molar-refractivity contribution in [3.8, 4) is 6.07 Å². The van der Waals surface area contributed by atoms with Crippen LogP contribution in [0.25, 0.3) is 10.1 Å². The first kappa shape index (κ1) is 8.21. The van der Waals surface area contributed by atoms with Gasteiger partial charge in [-0.2, -0.15) is 5.26 Å². The molecule has 13 heavy (non-hydrogen) atoms. The second kappa shape index (κ2) is 2.82. The molecular formula is C10H8N2S. The molecule has 64 valence electrons. The molecule has 0 atom stereocenters. The molecule has 2 aromatic heterocycles. The maximum absolute atomic E-state index is 8.85. The van der Waals surface area contributed by atoms with Gasteiger partial charge >= 0.3 is 0 Å². The molecule has 2 nitrogen and oxygen atoms in total. The SMILES string of the molecule is Cc1cc2c(C)ncc(C#N)c2s1. The maximum atomic E-state index is 8.85. The minimum Gasteiger partial charge on any atom is -0.259 e. The summed E-state index contributed by atoms with van der Waals surface area (Å²) in [4.78, 5) is 5.40. The molecule has 0 aromatic carbocycles. The first-order valence-electron chi connectivity index (χ1n) is 3.98. The van der Waals surface area contributed by atoms with Gasteiger partial charge in [-0.25, -0.2) is 0 Å². The van der Waals surface area contributed by atoms with E-state index in [0.29, 0.717) is 5.56 Å². The number of thiophene rings is 1. The third kappa shape index (κ3) is 1.20. The molecule has 0 N–H and O–H groups in total. The Hall–Kier alpha value is -1.40. The molecule has 0 aliphatic rings. The summed E-state index contributed by atoms with van der Waals surface area (Å²) in [5.41, 5.74) is 1.68. The summed E-state index contributed by atoms with van der Waals surface area (Å²) in [6, 6.07) is 4.24. The van der Waals surface area contributed by atoms with E-state index in [4.69, 9.17) is 5.26 Å². The average molecular weight is 188 g/mol. The highest BCUT2D eigenvalue weighted by Gasteiger charge is 2.06. The van der Waals surface area contributed by atoms with Gasteiger partial charge in [-0.1, -0.05) is 0 Å². The van der Waals surface area contributed by atoms with Gasteiger partial charge in [0.2, 0.25) is 0 Å². The van der Waals surface area contributed by atoms with Crippen LogP contribution < -0.4 is 0 Å². The molecule has 0 unspecified atom stereocenters. The summed E-state index contributed by atoms with van der Waals surface area (Å²) in [7, 11) is 0. The number of nitrogens with zero attached hydrogens (tertiary/aromatic N) is 2. The number of hydrogen-bond acceptors (Lipinski definition) is 3. The Morgan fingerprint density at radius 1 is 1.46 bits per heavy atom. The van der Waals surface area contributed by atoms with Crippen molar-refractivity contribution in [3.63, 3.8) is 0 Å². The lowest BCUT2D eigenvalue weighted by Crippen LogP contribution is -1.83. The highest BCUT2D eigenvalue weighted by Crippen LogP contribution is 2.28. The summed E-state index contributed by atoms with van der Waals surface area (Å²) in [5, 5.41) is 9.96. The Morgan fingerprint density at radius 3 is 2.92 bits per heavy atom. The van der Waals surface area contributed by atoms with Crippen molar-refractivity contribution in [2.75, 3.05) is 0 Å². The summed E-state index contributed by atoms with van der Waals surface area (Å²) in [6.45, 7) is 4.01. The number of fused-ring (bicyclic) bond motifs is 1. The van der Waals surface area contributed by atoms with E-state index in [1.165, 1.54) is 4.88 Å². The number of aromatic nitrogens is 1. The zero-order valence-corrected chi connectivity index (χ0v) is 8.27. The van der Waals surface area contributed by atoms with Gasteiger partial charge in [0.05, 0.1) is 10.3 Å². The number of hydrogen-bond donors (Lipinski definition) is 0. The first-order chi connectivity index (χ1) is 6.22. The van der Waals surface area contributed by atoms with Crippen LogP contribution in [0.15, 0.2) is 12.3 Å². The minimum absolute atomic E-state index is 0.679. The summed E-state index contributed by atoms with van der Waals surface area (Å²) in [5.74, 6) is 0. The predicted octanol–water partition coefficient (Wildman–Crippen LogP) is 2.78. The van der Waals surface area contributed by atoms with Crippen LogP contribution in [-0.4, -0.2) is 4.98 Å². The van der Waals surface area contributed by atoms with E-state index in [-0.39, 0.29) is 0 Å². The largest absolute Gasteiger partial charge is 0.259 e. The van der Waals surface area contributed by atoms with Gasteiger partial charge in [0.1, 0.15) is 6.07 Å². The fourth-order valence-electron chi connectivity index (χ4n) is 1.35. The van der Waals surface area contributed by atoms with Crippen molar-refractivity contribution in [2.45, 2.75) is 13.8 Å². The lowest BCUT2D eigenvalue weighted by atomic mass is 10.2. The molecule has 0 bridgehead atoms. The third-order valence-corrected chi connectivity index (χ3v) is 3.08. The van der Waals surface area contributed by atoms with Crippen molar-refractivity contribution in [1.82, 2.24) is 4.98 Å². The van der Waals surface area contributed by atoms with Crippen LogP contribution in [0, 0.1) is 25.2 Å². The van der Waals surface area contributed by atoms with Crippen LogP contribution in [0.3, 0.4) is 0 Å². The van der Waals surface area contributed by atoms with Crippen LogP contribution in [0.4, 0.5) is 0 Å². The van der Waals surface area contributed by atoms with Crippen molar-refractivity contribution >= 4 is 21.4 Å². The highest BCUT2D eigenvalue weighted by atomic mass is 32.1. The fraction of sp³-hybridized carbons (Fsp3) is 0.200. The standard InChI is InChI=1S/C10H8N2S/c1-6-3-9-7(2)12-5-8(4-11)10(9)13-6/h3,5H,1-2H3. The molecule has 0 amide bonds. The van der Waals surface area contributed by atoms with E-state index in [0.717, 1.165) is 15.8 Å². The van der Waals surface area contributed by atoms with Crippen LogP contribution in [0.1, 0.15) is 16.1 Å². The van der Waals surface area contributed by atoms with Crippen molar-refractivity contribution in [3.05, 3.63) is 28.4 Å². The lowest BCUT2D eigenvalue weighted by molar-refractivity contribution is 1.23. The zero-order valence-electron chi connectivity index (χ0n) is 7.46. The third-order valence-electron chi connectivity index (χ3n) is 2.00. The summed E-state index contributed by atoms with van der Waals surface area (Å²) >= 11 is 1.65. The number of rotatable bonds is 0. The second-order valence-corrected chi connectivity index (χ2v) is 4.23. The van der Waals surface area contributed by atoms with E-state index in [1.807, 2.05) is 13.8 Å². The molecule has 2 rings (SSSR count). The van der Waals surface area contributed by atoms with E-state index in [1.54, 1.807) is 17.5 Å². The molecule has 2 heterocycles. The van der Waals surface area contributed by atoms with Gasteiger partial charge in [0.25, 0.3) is 0 Å². The van der Waals surface area contributed by atoms with Crippen LogP contribution in [0.2, 0.25) is 0 Å². The van der Waals surface area contributed by atoms with E-state index in [2.05, 4.69) is 17.1 Å². The van der Waals surface area contributed by atoms with E-state index < -0.39 is 0 Å². The molecule has 0 spiro atoms. The van der Waals surface area contributed by atoms with E-state index >= 15 is 0 Å². The molecule has 0 aliphatic carbocycles. The van der Waals surface area contributed by atoms with Gasteiger partial charge in [-0.3, -0.25) is 4.98 Å². The Balaban J connectivity index is 2.94. The van der Waals surface area contributed by atoms with Gasteiger partial charge in [-0.15, -0.1) is 11.3 Å². The lowest BCUT2D eigenvalue weighted by Gasteiger charge is -1.95. The average Bonchev–Trinajstić information content (AvgIpc) is 2.48. The quantitative estimate of drug-likeness (QED) is 0.637. The van der Waals surface area contributed by atoms with Gasteiger partial charge in [0, 0.05) is 22.2 Å². The fourth-order valence-corrected chi connectivity index (χ4v) is 2.38. The summed E-state index contributed by atoms with van der Waals surface area (Å²) < 4.78 is 1.06. The molecule has 3 heteroatoms. The molecule has 0 saturated carbocycles. The van der Waals surface area contributed by atoms with Crippen LogP contribution >= 0.6 is 11.3 Å². The number of pyridine rings is 1. The topological polar surface area (TPSA) is 36.7 Å². The highest BCUT2D eigenvalue weighted by molar-refractivity contribution is 7.19. The molecule has 2 aromatic rings. The Bertz CT molecular complexity index is 505.